The first-order chi connectivity index (χ1) is 14.0. The number of benzene rings is 2. The lowest BCUT2D eigenvalue weighted by molar-refractivity contribution is 0.240. The second-order valence-electron chi connectivity index (χ2n) is 6.32. The van der Waals surface area contributed by atoms with Crippen LogP contribution in [0.25, 0.3) is 5.69 Å². The van der Waals surface area contributed by atoms with Crippen molar-refractivity contribution in [2.24, 2.45) is 0 Å². The topological polar surface area (TPSA) is 71.8 Å². The summed E-state index contributed by atoms with van der Waals surface area (Å²) in [5.41, 5.74) is 3.10. The van der Waals surface area contributed by atoms with Gasteiger partial charge in [-0.1, -0.05) is 64.8 Å². The molecule has 0 aliphatic carbocycles. The van der Waals surface area contributed by atoms with Crippen LogP contribution in [0, 0.1) is 6.92 Å². The van der Waals surface area contributed by atoms with Crippen LogP contribution in [-0.4, -0.2) is 27.3 Å². The van der Waals surface area contributed by atoms with Crippen molar-refractivity contribution in [1.82, 2.24) is 25.4 Å². The molecular formula is C20H21Cl2N5OS. The van der Waals surface area contributed by atoms with Gasteiger partial charge in [0.15, 0.2) is 11.0 Å². The summed E-state index contributed by atoms with van der Waals surface area (Å²) >= 11 is 14.1. The van der Waals surface area contributed by atoms with E-state index in [1.54, 1.807) is 23.9 Å². The minimum Gasteiger partial charge on any atom is -0.338 e. The van der Waals surface area contributed by atoms with Crippen molar-refractivity contribution in [3.63, 3.8) is 0 Å². The predicted molar refractivity (Wildman–Crippen MR) is 118 cm³/mol. The average Bonchev–Trinajstić information content (AvgIpc) is 3.08. The van der Waals surface area contributed by atoms with Gasteiger partial charge in [0, 0.05) is 17.3 Å². The molecule has 0 aliphatic rings. The number of hydrogen-bond acceptors (Lipinski definition) is 4. The van der Waals surface area contributed by atoms with Crippen LogP contribution in [0.4, 0.5) is 4.79 Å². The van der Waals surface area contributed by atoms with E-state index in [1.165, 1.54) is 11.1 Å². The molecule has 0 aliphatic heterocycles. The van der Waals surface area contributed by atoms with E-state index in [4.69, 9.17) is 23.2 Å². The van der Waals surface area contributed by atoms with Crippen molar-refractivity contribution in [2.75, 3.05) is 6.54 Å². The van der Waals surface area contributed by atoms with Gasteiger partial charge in [0.25, 0.3) is 0 Å². The molecule has 0 radical (unpaired) electrons. The molecule has 2 amide bonds. The van der Waals surface area contributed by atoms with Crippen molar-refractivity contribution in [3.05, 3.63) is 69.5 Å². The summed E-state index contributed by atoms with van der Waals surface area (Å²) in [7, 11) is 0. The Labute approximate surface area is 184 Å². The van der Waals surface area contributed by atoms with Gasteiger partial charge < -0.3 is 10.6 Å². The van der Waals surface area contributed by atoms with E-state index in [0.717, 1.165) is 5.75 Å². The fraction of sp³-hybridized carbons (Fsp3) is 0.250. The van der Waals surface area contributed by atoms with E-state index in [-0.39, 0.29) is 12.6 Å². The Morgan fingerprint density at radius 2 is 1.97 bits per heavy atom. The first-order valence-corrected chi connectivity index (χ1v) is 10.8. The smallest absolute Gasteiger partial charge is 0.315 e. The fourth-order valence-electron chi connectivity index (χ4n) is 2.75. The van der Waals surface area contributed by atoms with Crippen LogP contribution in [-0.2, 0) is 12.3 Å². The van der Waals surface area contributed by atoms with Crippen LogP contribution in [0.3, 0.4) is 0 Å². The zero-order chi connectivity index (χ0) is 20.8. The highest BCUT2D eigenvalue weighted by molar-refractivity contribution is 7.98. The largest absolute Gasteiger partial charge is 0.338 e. The Balaban J connectivity index is 1.89. The highest BCUT2D eigenvalue weighted by Crippen LogP contribution is 2.30. The molecule has 1 aromatic heterocycles. The second kappa shape index (κ2) is 10.0. The summed E-state index contributed by atoms with van der Waals surface area (Å²) in [6.45, 7) is 4.67. The number of carbonyl (C=O) groups is 1. The number of aryl methyl sites for hydroxylation is 1. The van der Waals surface area contributed by atoms with E-state index in [9.17, 15) is 4.79 Å². The highest BCUT2D eigenvalue weighted by Gasteiger charge is 2.17. The monoisotopic (exact) mass is 449 g/mol. The first kappa shape index (κ1) is 21.5. The summed E-state index contributed by atoms with van der Waals surface area (Å²) in [4.78, 5) is 11.8. The number of amides is 2. The molecule has 152 valence electrons. The number of carbonyl (C=O) groups excluding carboxylic acids is 1. The maximum atomic E-state index is 11.8. The van der Waals surface area contributed by atoms with Gasteiger partial charge in [-0.3, -0.25) is 4.57 Å². The lowest BCUT2D eigenvalue weighted by Gasteiger charge is -2.13. The van der Waals surface area contributed by atoms with Gasteiger partial charge in [0.05, 0.1) is 17.3 Å². The summed E-state index contributed by atoms with van der Waals surface area (Å²) in [5, 5.41) is 15.8. The molecule has 0 saturated carbocycles. The van der Waals surface area contributed by atoms with Crippen molar-refractivity contribution in [3.8, 4) is 5.69 Å². The number of nitrogens with one attached hydrogen (secondary N) is 2. The van der Waals surface area contributed by atoms with Crippen LogP contribution >= 0.6 is 35.0 Å². The van der Waals surface area contributed by atoms with Crippen LogP contribution in [0.1, 0.15) is 23.9 Å². The van der Waals surface area contributed by atoms with E-state index < -0.39 is 0 Å². The van der Waals surface area contributed by atoms with Gasteiger partial charge >= 0.3 is 6.03 Å². The van der Waals surface area contributed by atoms with Gasteiger partial charge in [-0.25, -0.2) is 4.79 Å². The summed E-state index contributed by atoms with van der Waals surface area (Å²) in [6, 6.07) is 13.3. The summed E-state index contributed by atoms with van der Waals surface area (Å²) < 4.78 is 1.85. The minimum atomic E-state index is -0.266. The van der Waals surface area contributed by atoms with Gasteiger partial charge in [-0.2, -0.15) is 0 Å². The molecule has 3 aromatic rings. The number of thioether (sulfide) groups is 1. The number of halogens is 2. The van der Waals surface area contributed by atoms with Gasteiger partial charge in [0.2, 0.25) is 0 Å². The van der Waals surface area contributed by atoms with Crippen molar-refractivity contribution in [2.45, 2.75) is 31.3 Å². The number of aromatic nitrogens is 3. The standard InChI is InChI=1S/C20H21Cl2N5OS/c1-3-23-19(28)24-11-18-25-26-20(29-12-14-6-4-5-13(2)9-14)27(18)17-8-7-15(21)10-16(17)22/h4-10H,3,11-12H2,1-2H3,(H2,23,24,28). The Bertz CT molecular complexity index is 1010. The zero-order valence-electron chi connectivity index (χ0n) is 16.1. The SMILES string of the molecule is CCNC(=O)NCc1nnc(SCc2cccc(C)c2)n1-c1ccc(Cl)cc1Cl. The van der Waals surface area contributed by atoms with Gasteiger partial charge in [0.1, 0.15) is 0 Å². The van der Waals surface area contributed by atoms with Crippen LogP contribution in [0.15, 0.2) is 47.6 Å². The Kier molecular flexibility index (Phi) is 7.41. The first-order valence-electron chi connectivity index (χ1n) is 9.07. The lowest BCUT2D eigenvalue weighted by Crippen LogP contribution is -2.35. The van der Waals surface area contributed by atoms with Crippen LogP contribution in [0.2, 0.25) is 10.0 Å². The van der Waals surface area contributed by atoms with E-state index in [0.29, 0.717) is 33.3 Å². The van der Waals surface area contributed by atoms with Crippen molar-refractivity contribution in [1.29, 1.82) is 0 Å². The molecule has 2 N–H and O–H groups in total. The zero-order valence-corrected chi connectivity index (χ0v) is 18.4. The number of nitrogens with zero attached hydrogens (tertiary/aromatic N) is 3. The maximum Gasteiger partial charge on any atom is 0.315 e. The van der Waals surface area contributed by atoms with Crippen molar-refractivity contribution >= 4 is 41.0 Å². The molecule has 0 fully saturated rings. The van der Waals surface area contributed by atoms with E-state index >= 15 is 0 Å². The molecule has 9 heteroatoms. The highest BCUT2D eigenvalue weighted by atomic mass is 35.5. The molecule has 1 heterocycles. The molecule has 0 unspecified atom stereocenters. The average molecular weight is 450 g/mol. The Morgan fingerprint density at radius 1 is 1.14 bits per heavy atom. The van der Waals surface area contributed by atoms with Crippen LogP contribution in [0.5, 0.6) is 0 Å². The number of hydrogen-bond donors (Lipinski definition) is 2. The lowest BCUT2D eigenvalue weighted by atomic mass is 10.2. The van der Waals surface area contributed by atoms with Crippen molar-refractivity contribution < 1.29 is 4.79 Å². The quantitative estimate of drug-likeness (QED) is 0.498. The van der Waals surface area contributed by atoms with E-state index in [2.05, 4.69) is 46.0 Å². The molecule has 29 heavy (non-hydrogen) atoms. The minimum absolute atomic E-state index is 0.211. The third-order valence-electron chi connectivity index (χ3n) is 4.05. The third-order valence-corrected chi connectivity index (χ3v) is 5.58. The normalized spacial score (nSPS) is 10.8. The Hall–Kier alpha value is -2.22. The predicted octanol–water partition coefficient (Wildman–Crippen LogP) is 4.99. The molecule has 3 rings (SSSR count). The molecular weight excluding hydrogens is 429 g/mol. The summed E-state index contributed by atoms with van der Waals surface area (Å²) in [6.07, 6.45) is 0. The molecule has 2 aromatic carbocycles. The molecule has 0 atom stereocenters. The Morgan fingerprint density at radius 3 is 2.69 bits per heavy atom. The van der Waals surface area contributed by atoms with Crippen LogP contribution < -0.4 is 10.6 Å². The van der Waals surface area contributed by atoms with Gasteiger partial charge in [-0.15, -0.1) is 10.2 Å². The molecule has 0 spiro atoms. The fourth-order valence-corrected chi connectivity index (χ4v) is 4.14. The van der Waals surface area contributed by atoms with E-state index in [1.807, 2.05) is 23.6 Å². The molecule has 0 bridgehead atoms. The second-order valence-corrected chi connectivity index (χ2v) is 8.11. The number of rotatable bonds is 7. The summed E-state index contributed by atoms with van der Waals surface area (Å²) in [5.74, 6) is 1.31. The third kappa shape index (κ3) is 5.65. The van der Waals surface area contributed by atoms with Gasteiger partial charge in [-0.05, 0) is 37.6 Å². The molecule has 0 saturated heterocycles. The number of urea groups is 1. The molecule has 6 nitrogen and oxygen atoms in total. The maximum absolute atomic E-state index is 11.8.